The predicted octanol–water partition coefficient (Wildman–Crippen LogP) is 3.36. The number of guanidine groups is 1. The molecule has 0 fully saturated rings. The van der Waals surface area contributed by atoms with Crippen LogP contribution in [0.2, 0.25) is 0 Å². The van der Waals surface area contributed by atoms with E-state index in [1.165, 1.54) is 5.56 Å². The van der Waals surface area contributed by atoms with Gasteiger partial charge in [-0.15, -0.1) is 24.0 Å². The summed E-state index contributed by atoms with van der Waals surface area (Å²) in [5.41, 5.74) is 8.26. The maximum absolute atomic E-state index is 5.91. The summed E-state index contributed by atoms with van der Waals surface area (Å²) in [5.74, 6) is 1.86. The average molecular weight is 455 g/mol. The molecule has 5 nitrogen and oxygen atoms in total. The second kappa shape index (κ2) is 11.6. The van der Waals surface area contributed by atoms with Gasteiger partial charge >= 0.3 is 0 Å². The van der Waals surface area contributed by atoms with Gasteiger partial charge in [0.1, 0.15) is 0 Å². The SMILES string of the molecule is COc1ccc(CN=C(N)NCCCc2ccccc2)cc1OC.I. The van der Waals surface area contributed by atoms with Crippen molar-refractivity contribution in [2.75, 3.05) is 20.8 Å². The molecule has 136 valence electrons. The van der Waals surface area contributed by atoms with Gasteiger partial charge in [0.25, 0.3) is 0 Å². The normalized spacial score (nSPS) is 10.7. The number of hydrogen-bond donors (Lipinski definition) is 2. The monoisotopic (exact) mass is 455 g/mol. The summed E-state index contributed by atoms with van der Waals surface area (Å²) >= 11 is 0. The van der Waals surface area contributed by atoms with E-state index in [1.54, 1.807) is 14.2 Å². The molecule has 3 N–H and O–H groups in total. The van der Waals surface area contributed by atoms with Gasteiger partial charge in [0.05, 0.1) is 20.8 Å². The smallest absolute Gasteiger partial charge is 0.188 e. The fraction of sp³-hybridized carbons (Fsp3) is 0.316. The van der Waals surface area contributed by atoms with E-state index in [0.717, 1.165) is 24.9 Å². The first-order chi connectivity index (χ1) is 11.7. The molecule has 0 unspecified atom stereocenters. The molecule has 0 heterocycles. The molecular formula is C19H26IN3O2. The first-order valence-electron chi connectivity index (χ1n) is 8.01. The lowest BCUT2D eigenvalue weighted by molar-refractivity contribution is 0.354. The summed E-state index contributed by atoms with van der Waals surface area (Å²) in [6.07, 6.45) is 2.04. The molecule has 0 spiro atoms. The highest BCUT2D eigenvalue weighted by Crippen LogP contribution is 2.27. The number of rotatable bonds is 8. The maximum atomic E-state index is 5.91. The molecule has 0 aliphatic rings. The highest BCUT2D eigenvalue weighted by Gasteiger charge is 2.04. The summed E-state index contributed by atoms with van der Waals surface area (Å²) < 4.78 is 10.5. The summed E-state index contributed by atoms with van der Waals surface area (Å²) in [5, 5.41) is 3.15. The van der Waals surface area contributed by atoms with Gasteiger partial charge in [-0.2, -0.15) is 0 Å². The Bertz CT molecular complexity index is 663. The van der Waals surface area contributed by atoms with Crippen molar-refractivity contribution < 1.29 is 9.47 Å². The summed E-state index contributed by atoms with van der Waals surface area (Å²) in [6.45, 7) is 1.30. The molecule has 2 rings (SSSR count). The van der Waals surface area contributed by atoms with Crippen LogP contribution in [0.25, 0.3) is 0 Å². The van der Waals surface area contributed by atoms with Gasteiger partial charge in [0.15, 0.2) is 17.5 Å². The lowest BCUT2D eigenvalue weighted by Crippen LogP contribution is -2.32. The Kier molecular flexibility index (Phi) is 9.76. The maximum Gasteiger partial charge on any atom is 0.188 e. The Balaban J connectivity index is 0.00000312. The molecule has 2 aromatic carbocycles. The van der Waals surface area contributed by atoms with E-state index in [9.17, 15) is 0 Å². The van der Waals surface area contributed by atoms with Gasteiger partial charge in [0, 0.05) is 6.54 Å². The Morgan fingerprint density at radius 2 is 1.72 bits per heavy atom. The topological polar surface area (TPSA) is 68.9 Å². The molecule has 2 aromatic rings. The Labute approximate surface area is 166 Å². The number of halogens is 1. The van der Waals surface area contributed by atoms with Crippen LogP contribution in [0.3, 0.4) is 0 Å². The number of hydrogen-bond acceptors (Lipinski definition) is 3. The number of nitrogens with zero attached hydrogens (tertiary/aromatic N) is 1. The van der Waals surface area contributed by atoms with Crippen molar-refractivity contribution in [1.82, 2.24) is 5.32 Å². The van der Waals surface area contributed by atoms with Crippen molar-refractivity contribution in [3.8, 4) is 11.5 Å². The number of methoxy groups -OCH3 is 2. The van der Waals surface area contributed by atoms with Crippen LogP contribution in [0.1, 0.15) is 17.5 Å². The van der Waals surface area contributed by atoms with Gasteiger partial charge in [-0.3, -0.25) is 0 Å². The van der Waals surface area contributed by atoms with Crippen LogP contribution in [0.5, 0.6) is 11.5 Å². The van der Waals surface area contributed by atoms with Gasteiger partial charge in [-0.25, -0.2) is 4.99 Å². The number of benzene rings is 2. The van der Waals surface area contributed by atoms with E-state index in [4.69, 9.17) is 15.2 Å². The molecule has 0 saturated carbocycles. The second-order valence-corrected chi connectivity index (χ2v) is 5.41. The van der Waals surface area contributed by atoms with Crippen LogP contribution in [0.4, 0.5) is 0 Å². The van der Waals surface area contributed by atoms with E-state index in [0.29, 0.717) is 24.0 Å². The third-order valence-electron chi connectivity index (χ3n) is 3.67. The van der Waals surface area contributed by atoms with Crippen molar-refractivity contribution in [2.24, 2.45) is 10.7 Å². The molecule has 0 amide bonds. The molecular weight excluding hydrogens is 429 g/mol. The largest absolute Gasteiger partial charge is 0.493 e. The molecule has 25 heavy (non-hydrogen) atoms. The van der Waals surface area contributed by atoms with Crippen LogP contribution in [0.15, 0.2) is 53.5 Å². The molecule has 0 aliphatic carbocycles. The minimum Gasteiger partial charge on any atom is -0.493 e. The third kappa shape index (κ3) is 7.21. The van der Waals surface area contributed by atoms with E-state index in [2.05, 4.69) is 34.6 Å². The van der Waals surface area contributed by atoms with E-state index in [-0.39, 0.29) is 24.0 Å². The van der Waals surface area contributed by atoms with Crippen LogP contribution in [0, 0.1) is 0 Å². The zero-order valence-corrected chi connectivity index (χ0v) is 17.0. The fourth-order valence-electron chi connectivity index (χ4n) is 2.36. The van der Waals surface area contributed by atoms with Gasteiger partial charge in [0.2, 0.25) is 0 Å². The fourth-order valence-corrected chi connectivity index (χ4v) is 2.36. The van der Waals surface area contributed by atoms with Crippen LogP contribution in [-0.2, 0) is 13.0 Å². The van der Waals surface area contributed by atoms with E-state index < -0.39 is 0 Å². The van der Waals surface area contributed by atoms with E-state index in [1.807, 2.05) is 24.3 Å². The molecule has 0 saturated heterocycles. The molecule has 0 bridgehead atoms. The number of ether oxygens (including phenoxy) is 2. The van der Waals surface area contributed by atoms with Crippen molar-refractivity contribution in [1.29, 1.82) is 0 Å². The number of nitrogens with one attached hydrogen (secondary N) is 1. The van der Waals surface area contributed by atoms with Gasteiger partial charge in [-0.1, -0.05) is 36.4 Å². The van der Waals surface area contributed by atoms with Crippen molar-refractivity contribution in [3.05, 3.63) is 59.7 Å². The lowest BCUT2D eigenvalue weighted by Gasteiger charge is -2.09. The zero-order valence-electron chi connectivity index (χ0n) is 14.7. The minimum atomic E-state index is 0. The summed E-state index contributed by atoms with van der Waals surface area (Å²) in [6, 6.07) is 16.1. The first-order valence-corrected chi connectivity index (χ1v) is 8.01. The average Bonchev–Trinajstić information content (AvgIpc) is 2.64. The summed E-state index contributed by atoms with van der Waals surface area (Å²) in [4.78, 5) is 4.36. The zero-order chi connectivity index (χ0) is 17.2. The van der Waals surface area contributed by atoms with Gasteiger partial charge in [-0.05, 0) is 36.1 Å². The molecule has 0 aromatic heterocycles. The van der Waals surface area contributed by atoms with Crippen LogP contribution >= 0.6 is 24.0 Å². The highest BCUT2D eigenvalue weighted by molar-refractivity contribution is 14.0. The molecule has 0 atom stereocenters. The number of aliphatic imine (C=N–C) groups is 1. The lowest BCUT2D eigenvalue weighted by atomic mass is 10.1. The Morgan fingerprint density at radius 1 is 1.00 bits per heavy atom. The Hall–Kier alpha value is -1.96. The van der Waals surface area contributed by atoms with Crippen molar-refractivity contribution in [2.45, 2.75) is 19.4 Å². The standard InChI is InChI=1S/C19H25N3O2.HI/c1-23-17-11-10-16(13-18(17)24-2)14-22-19(20)21-12-6-9-15-7-4-3-5-8-15;/h3-5,7-8,10-11,13H,6,9,12,14H2,1-2H3,(H3,20,21,22);1H. The number of aryl methyl sites for hydroxylation is 1. The highest BCUT2D eigenvalue weighted by atomic mass is 127. The van der Waals surface area contributed by atoms with Gasteiger partial charge < -0.3 is 20.5 Å². The molecule has 0 aliphatic heterocycles. The number of nitrogens with two attached hydrogens (primary N) is 1. The summed E-state index contributed by atoms with van der Waals surface area (Å²) in [7, 11) is 3.24. The molecule has 6 heteroatoms. The second-order valence-electron chi connectivity index (χ2n) is 5.41. The van der Waals surface area contributed by atoms with E-state index >= 15 is 0 Å². The van der Waals surface area contributed by atoms with Crippen LogP contribution in [-0.4, -0.2) is 26.7 Å². The third-order valence-corrected chi connectivity index (χ3v) is 3.67. The molecule has 0 radical (unpaired) electrons. The quantitative estimate of drug-likeness (QED) is 0.277. The Morgan fingerprint density at radius 3 is 2.40 bits per heavy atom. The first kappa shape index (κ1) is 21.1. The van der Waals surface area contributed by atoms with Crippen molar-refractivity contribution in [3.63, 3.8) is 0 Å². The van der Waals surface area contributed by atoms with Crippen LogP contribution < -0.4 is 20.5 Å². The van der Waals surface area contributed by atoms with Crippen molar-refractivity contribution >= 4 is 29.9 Å². The minimum absolute atomic E-state index is 0. The predicted molar refractivity (Wildman–Crippen MR) is 113 cm³/mol.